The van der Waals surface area contributed by atoms with Gasteiger partial charge in [-0.3, -0.25) is 4.79 Å². The highest BCUT2D eigenvalue weighted by molar-refractivity contribution is 6.00. The number of para-hydroxylation sites is 1. The average Bonchev–Trinajstić information content (AvgIpc) is 2.70. The van der Waals surface area contributed by atoms with Crippen LogP contribution < -0.4 is 10.1 Å². The summed E-state index contributed by atoms with van der Waals surface area (Å²) < 4.78 is 11.7. The molecule has 0 spiro atoms. The van der Waals surface area contributed by atoms with Gasteiger partial charge in [-0.15, -0.1) is 0 Å². The molecule has 0 aliphatic heterocycles. The third-order valence-electron chi connectivity index (χ3n) is 4.27. The first kappa shape index (κ1) is 20.1. The van der Waals surface area contributed by atoms with Gasteiger partial charge in [0, 0.05) is 25.6 Å². The molecule has 4 heteroatoms. The highest BCUT2D eigenvalue weighted by atomic mass is 16.5. The number of carbonyl (C=O) groups is 1. The summed E-state index contributed by atoms with van der Waals surface area (Å²) in [5.74, 6) is 0.721. The number of benzene rings is 2. The molecule has 0 saturated heterocycles. The summed E-state index contributed by atoms with van der Waals surface area (Å²) >= 11 is 0. The molecule has 1 atom stereocenters. The number of ether oxygens (including phenoxy) is 2. The second kappa shape index (κ2) is 10.7. The Bertz CT molecular complexity index is 685. The van der Waals surface area contributed by atoms with Crippen molar-refractivity contribution in [1.29, 1.82) is 0 Å². The molecule has 0 saturated carbocycles. The number of ketones is 1. The van der Waals surface area contributed by atoms with Crippen LogP contribution >= 0.6 is 0 Å². The van der Waals surface area contributed by atoms with Crippen LogP contribution in [0.25, 0.3) is 11.1 Å². The molecule has 2 aromatic rings. The Morgan fingerprint density at radius 3 is 2.50 bits per heavy atom. The van der Waals surface area contributed by atoms with Crippen LogP contribution in [0.3, 0.4) is 0 Å². The van der Waals surface area contributed by atoms with Crippen LogP contribution in [0.1, 0.15) is 37.0 Å². The Balaban J connectivity index is 2.27. The molecule has 4 nitrogen and oxygen atoms in total. The van der Waals surface area contributed by atoms with Crippen LogP contribution in [0.5, 0.6) is 5.75 Å². The fourth-order valence-corrected chi connectivity index (χ4v) is 2.77. The summed E-state index contributed by atoms with van der Waals surface area (Å²) in [5, 5.41) is 3.35. The van der Waals surface area contributed by atoms with E-state index in [1.807, 2.05) is 55.5 Å². The van der Waals surface area contributed by atoms with Gasteiger partial charge in [0.25, 0.3) is 0 Å². The van der Waals surface area contributed by atoms with Crippen LogP contribution in [-0.2, 0) is 4.74 Å². The van der Waals surface area contributed by atoms with Crippen molar-refractivity contribution in [2.24, 2.45) is 0 Å². The van der Waals surface area contributed by atoms with Crippen molar-refractivity contribution in [3.05, 3.63) is 54.1 Å². The van der Waals surface area contributed by atoms with Gasteiger partial charge in [-0.05, 0) is 24.6 Å². The zero-order chi connectivity index (χ0) is 18.8. The van der Waals surface area contributed by atoms with Crippen molar-refractivity contribution in [3.8, 4) is 16.9 Å². The Hall–Kier alpha value is -2.17. The monoisotopic (exact) mass is 355 g/mol. The molecule has 26 heavy (non-hydrogen) atoms. The molecule has 0 radical (unpaired) electrons. The summed E-state index contributed by atoms with van der Waals surface area (Å²) in [6.07, 6.45) is 1.44. The number of hydrogen-bond donors (Lipinski definition) is 1. The van der Waals surface area contributed by atoms with Gasteiger partial charge < -0.3 is 14.8 Å². The quantitative estimate of drug-likeness (QED) is 0.481. The van der Waals surface area contributed by atoms with Crippen molar-refractivity contribution >= 4 is 5.78 Å². The van der Waals surface area contributed by atoms with Gasteiger partial charge in [0.1, 0.15) is 18.5 Å². The largest absolute Gasteiger partial charge is 0.489 e. The van der Waals surface area contributed by atoms with E-state index in [0.717, 1.165) is 30.6 Å². The molecule has 2 aromatic carbocycles. The lowest BCUT2D eigenvalue weighted by Gasteiger charge is -2.20. The first-order valence-corrected chi connectivity index (χ1v) is 9.29. The van der Waals surface area contributed by atoms with Crippen LogP contribution in [0, 0.1) is 0 Å². The third-order valence-corrected chi connectivity index (χ3v) is 4.27. The van der Waals surface area contributed by atoms with E-state index in [2.05, 4.69) is 12.2 Å². The molecule has 0 aliphatic rings. The van der Waals surface area contributed by atoms with Gasteiger partial charge in [0.15, 0.2) is 5.78 Å². The van der Waals surface area contributed by atoms with Gasteiger partial charge in [0.2, 0.25) is 0 Å². The van der Waals surface area contributed by atoms with E-state index < -0.39 is 0 Å². The lowest BCUT2D eigenvalue weighted by atomic mass is 9.98. The number of nitrogens with one attached hydrogen (secondary N) is 1. The number of Topliss-reactive ketones (excluding diaryl/α,β-unsaturated/α-hetero) is 1. The van der Waals surface area contributed by atoms with Crippen molar-refractivity contribution < 1.29 is 14.3 Å². The molecule has 0 amide bonds. The lowest BCUT2D eigenvalue weighted by molar-refractivity contribution is 0.0578. The number of hydrogen-bond acceptors (Lipinski definition) is 4. The van der Waals surface area contributed by atoms with Crippen molar-refractivity contribution in [2.45, 2.75) is 32.8 Å². The van der Waals surface area contributed by atoms with E-state index in [0.29, 0.717) is 24.3 Å². The SMILES string of the molecule is CCCNCC(COc1c(C(=O)CC)cccc1-c1ccccc1)OC. The normalized spacial score (nSPS) is 12.0. The topological polar surface area (TPSA) is 47.6 Å². The Labute approximate surface area is 156 Å². The molecule has 0 bridgehead atoms. The molecule has 140 valence electrons. The number of methoxy groups -OCH3 is 1. The molecule has 0 heterocycles. The fraction of sp³-hybridized carbons (Fsp3) is 0.409. The minimum Gasteiger partial charge on any atom is -0.489 e. The molecule has 0 fully saturated rings. The lowest BCUT2D eigenvalue weighted by Crippen LogP contribution is -2.33. The maximum Gasteiger partial charge on any atom is 0.166 e. The van der Waals surface area contributed by atoms with E-state index in [9.17, 15) is 4.79 Å². The summed E-state index contributed by atoms with van der Waals surface area (Å²) in [7, 11) is 1.68. The van der Waals surface area contributed by atoms with E-state index in [1.54, 1.807) is 7.11 Å². The average molecular weight is 355 g/mol. The maximum absolute atomic E-state index is 12.4. The van der Waals surface area contributed by atoms with Gasteiger partial charge in [-0.25, -0.2) is 0 Å². The Morgan fingerprint density at radius 2 is 1.85 bits per heavy atom. The third kappa shape index (κ3) is 5.41. The maximum atomic E-state index is 12.4. The van der Waals surface area contributed by atoms with E-state index in [4.69, 9.17) is 9.47 Å². The number of rotatable bonds is 11. The highest BCUT2D eigenvalue weighted by Crippen LogP contribution is 2.34. The molecule has 0 aliphatic carbocycles. The van der Waals surface area contributed by atoms with Crippen LogP contribution in [-0.4, -0.2) is 38.7 Å². The van der Waals surface area contributed by atoms with Crippen molar-refractivity contribution in [2.75, 3.05) is 26.8 Å². The molecule has 1 unspecified atom stereocenters. The summed E-state index contributed by atoms with van der Waals surface area (Å²) in [4.78, 5) is 12.4. The Morgan fingerprint density at radius 1 is 1.08 bits per heavy atom. The van der Waals surface area contributed by atoms with Crippen LogP contribution in [0.15, 0.2) is 48.5 Å². The minimum atomic E-state index is -0.0741. The zero-order valence-electron chi connectivity index (χ0n) is 16.0. The minimum absolute atomic E-state index is 0.0741. The standard InChI is InChI=1S/C22H29NO3/c1-4-14-23-15-18(25-3)16-26-22-19(17-10-7-6-8-11-17)12-9-13-20(22)21(24)5-2/h6-13,18,23H,4-5,14-16H2,1-3H3. The first-order valence-electron chi connectivity index (χ1n) is 9.29. The summed E-state index contributed by atoms with van der Waals surface area (Å²) in [5.41, 5.74) is 2.60. The van der Waals surface area contributed by atoms with Gasteiger partial charge >= 0.3 is 0 Å². The summed E-state index contributed by atoms with van der Waals surface area (Å²) in [6.45, 7) is 6.05. The zero-order valence-corrected chi connectivity index (χ0v) is 16.0. The first-order chi connectivity index (χ1) is 12.7. The highest BCUT2D eigenvalue weighted by Gasteiger charge is 2.18. The smallest absolute Gasteiger partial charge is 0.166 e. The van der Waals surface area contributed by atoms with Crippen LogP contribution in [0.2, 0.25) is 0 Å². The van der Waals surface area contributed by atoms with E-state index in [-0.39, 0.29) is 11.9 Å². The fourth-order valence-electron chi connectivity index (χ4n) is 2.77. The second-order valence-corrected chi connectivity index (χ2v) is 6.20. The van der Waals surface area contributed by atoms with E-state index >= 15 is 0 Å². The van der Waals surface area contributed by atoms with Crippen LogP contribution in [0.4, 0.5) is 0 Å². The molecular formula is C22H29NO3. The van der Waals surface area contributed by atoms with Gasteiger partial charge in [-0.1, -0.05) is 56.3 Å². The summed E-state index contributed by atoms with van der Waals surface area (Å²) in [6, 6.07) is 15.7. The molecule has 1 N–H and O–H groups in total. The van der Waals surface area contributed by atoms with Crippen molar-refractivity contribution in [1.82, 2.24) is 5.32 Å². The molecule has 0 aromatic heterocycles. The molecular weight excluding hydrogens is 326 g/mol. The van der Waals surface area contributed by atoms with Gasteiger partial charge in [-0.2, -0.15) is 0 Å². The molecule has 2 rings (SSSR count). The van der Waals surface area contributed by atoms with E-state index in [1.165, 1.54) is 0 Å². The predicted molar refractivity (Wildman–Crippen MR) is 106 cm³/mol. The van der Waals surface area contributed by atoms with Crippen molar-refractivity contribution in [3.63, 3.8) is 0 Å². The number of carbonyl (C=O) groups excluding carboxylic acids is 1. The van der Waals surface area contributed by atoms with Gasteiger partial charge in [0.05, 0.1) is 5.56 Å². The Kier molecular flexibility index (Phi) is 8.32. The predicted octanol–water partition coefficient (Wildman–Crippen LogP) is 4.34. The second-order valence-electron chi connectivity index (χ2n) is 6.20.